The van der Waals surface area contributed by atoms with Gasteiger partial charge in [0.05, 0.1) is 18.3 Å². The van der Waals surface area contributed by atoms with E-state index in [1.165, 1.54) is 12.8 Å². The number of aliphatic hydroxyl groups is 3. The van der Waals surface area contributed by atoms with Crippen molar-refractivity contribution >= 4 is 0 Å². The van der Waals surface area contributed by atoms with Crippen molar-refractivity contribution in [1.82, 2.24) is 4.90 Å². The van der Waals surface area contributed by atoms with E-state index >= 15 is 0 Å². The van der Waals surface area contributed by atoms with Gasteiger partial charge in [-0.05, 0) is 88.2 Å². The molecule has 0 unspecified atom stereocenters. The van der Waals surface area contributed by atoms with Crippen LogP contribution >= 0.6 is 0 Å². The highest BCUT2D eigenvalue weighted by Gasteiger charge is 2.77. The largest absolute Gasteiger partial charge is 0.392 e. The van der Waals surface area contributed by atoms with Crippen LogP contribution in [-0.4, -0.2) is 70.4 Å². The summed E-state index contributed by atoms with van der Waals surface area (Å²) >= 11 is 0. The van der Waals surface area contributed by atoms with Crippen molar-refractivity contribution in [2.45, 2.75) is 103 Å². The third kappa shape index (κ3) is 3.70. The zero-order valence-corrected chi connectivity index (χ0v) is 23.6. The van der Waals surface area contributed by atoms with E-state index in [2.05, 4.69) is 38.5 Å². The van der Waals surface area contributed by atoms with E-state index in [0.29, 0.717) is 6.42 Å². The number of fused-ring (bicyclic) bond motifs is 2. The number of hydrogen-bond acceptors (Lipinski definition) is 5. The quantitative estimate of drug-likeness (QED) is 0.359. The Hall–Kier alpha value is -1.16. The van der Waals surface area contributed by atoms with E-state index in [-0.39, 0.29) is 24.0 Å². The van der Waals surface area contributed by atoms with Crippen LogP contribution in [0.25, 0.3) is 0 Å². The Morgan fingerprint density at radius 1 is 1.19 bits per heavy atom. The molecule has 7 atom stereocenters. The number of terminal acetylenes is 1. The topological polar surface area (TPSA) is 73.2 Å². The van der Waals surface area contributed by atoms with Gasteiger partial charge in [-0.3, -0.25) is 4.90 Å². The summed E-state index contributed by atoms with van der Waals surface area (Å²) in [4.78, 5) is 2.64. The molecule has 5 nitrogen and oxygen atoms in total. The average molecular weight is 500 g/mol. The molecule has 0 aromatic carbocycles. The van der Waals surface area contributed by atoms with Gasteiger partial charge in [0.15, 0.2) is 0 Å². The monoisotopic (exact) mass is 499 g/mol. The Labute approximate surface area is 219 Å². The molecule has 4 saturated carbocycles. The van der Waals surface area contributed by atoms with Gasteiger partial charge in [-0.15, -0.1) is 6.42 Å². The number of ether oxygens (including phenoxy) is 1. The summed E-state index contributed by atoms with van der Waals surface area (Å²) in [7, 11) is 1.70. The minimum atomic E-state index is -1.05. The van der Waals surface area contributed by atoms with Crippen molar-refractivity contribution in [2.75, 3.05) is 26.8 Å². The lowest BCUT2D eigenvalue weighted by atomic mass is 9.34. The molecular weight excluding hydrogens is 450 g/mol. The second-order valence-corrected chi connectivity index (χ2v) is 13.5. The van der Waals surface area contributed by atoms with Crippen molar-refractivity contribution in [3.63, 3.8) is 0 Å². The maximum absolute atomic E-state index is 12.6. The molecule has 36 heavy (non-hydrogen) atoms. The standard InChI is InChI=1S/C31H49NO4/c1-9-24(21(2)11-10-18-33)30-16-17-32(20-23-12-13-23)22(3)29(30)14-15-31(36-8,26(30)34)25(19-29)28(7,35)27(4,5)6/h1,10-11,22-23,25-26,33-35H,12-20H2,2-8H3/b11-10-,24-21+/t22-,25-,26-,28+,29-,30+,31-/m1/s1. The molecule has 0 radical (unpaired) electrons. The van der Waals surface area contributed by atoms with Gasteiger partial charge in [0.25, 0.3) is 0 Å². The molecule has 5 fully saturated rings. The Morgan fingerprint density at radius 3 is 2.39 bits per heavy atom. The second kappa shape index (κ2) is 9.24. The number of methoxy groups -OCH3 is 1. The molecule has 1 heterocycles. The van der Waals surface area contributed by atoms with Gasteiger partial charge < -0.3 is 20.1 Å². The van der Waals surface area contributed by atoms with Gasteiger partial charge in [-0.25, -0.2) is 0 Å². The third-order valence-electron chi connectivity index (χ3n) is 11.3. The van der Waals surface area contributed by atoms with Crippen molar-refractivity contribution < 1.29 is 20.1 Å². The summed E-state index contributed by atoms with van der Waals surface area (Å²) in [6.45, 7) is 14.4. The minimum Gasteiger partial charge on any atom is -0.392 e. The van der Waals surface area contributed by atoms with Gasteiger partial charge >= 0.3 is 0 Å². The van der Waals surface area contributed by atoms with Gasteiger partial charge in [0.2, 0.25) is 0 Å². The van der Waals surface area contributed by atoms with Crippen LogP contribution in [0.1, 0.15) is 80.1 Å². The first kappa shape index (κ1) is 27.9. The highest BCUT2D eigenvalue weighted by molar-refractivity contribution is 5.48. The van der Waals surface area contributed by atoms with E-state index < -0.39 is 28.1 Å². The van der Waals surface area contributed by atoms with E-state index in [1.54, 1.807) is 13.2 Å². The van der Waals surface area contributed by atoms with Crippen molar-refractivity contribution in [1.29, 1.82) is 0 Å². The maximum atomic E-state index is 12.6. The predicted octanol–water partition coefficient (Wildman–Crippen LogP) is 4.32. The molecule has 0 aromatic heterocycles. The summed E-state index contributed by atoms with van der Waals surface area (Å²) < 4.78 is 6.36. The third-order valence-corrected chi connectivity index (χ3v) is 11.3. The van der Waals surface area contributed by atoms with Crippen LogP contribution < -0.4 is 0 Å². The number of piperidine rings is 1. The molecule has 2 bridgehead atoms. The number of likely N-dealkylation sites (tertiary alicyclic amines) is 1. The number of allylic oxidation sites excluding steroid dienone is 2. The fourth-order valence-electron chi connectivity index (χ4n) is 8.51. The summed E-state index contributed by atoms with van der Waals surface area (Å²) in [6, 6.07) is 0.216. The van der Waals surface area contributed by atoms with Gasteiger partial charge in [-0.1, -0.05) is 38.8 Å². The fraction of sp³-hybridized carbons (Fsp3) is 0.806. The highest BCUT2D eigenvalue weighted by atomic mass is 16.5. The lowest BCUT2D eigenvalue weighted by molar-refractivity contribution is -0.334. The van der Waals surface area contributed by atoms with Gasteiger partial charge in [0.1, 0.15) is 5.60 Å². The van der Waals surface area contributed by atoms with E-state index in [1.807, 2.05) is 19.9 Å². The van der Waals surface area contributed by atoms with Crippen molar-refractivity contribution in [3.05, 3.63) is 23.3 Å². The first-order valence-corrected chi connectivity index (χ1v) is 13.9. The fourth-order valence-corrected chi connectivity index (χ4v) is 8.51. The molecule has 1 aliphatic heterocycles. The minimum absolute atomic E-state index is 0.0556. The van der Waals surface area contributed by atoms with Crippen LogP contribution in [0.2, 0.25) is 0 Å². The molecule has 0 amide bonds. The van der Waals surface area contributed by atoms with Crippen LogP contribution in [0.5, 0.6) is 0 Å². The zero-order valence-electron chi connectivity index (χ0n) is 23.6. The first-order chi connectivity index (χ1) is 16.8. The molecule has 5 heteroatoms. The number of aliphatic hydroxyl groups excluding tert-OH is 2. The van der Waals surface area contributed by atoms with E-state index in [0.717, 1.165) is 49.4 Å². The molecule has 0 aromatic rings. The molecular formula is C31H49NO4. The Morgan fingerprint density at radius 2 is 1.86 bits per heavy atom. The summed E-state index contributed by atoms with van der Waals surface area (Å²) in [5.41, 5.74) is -1.51. The van der Waals surface area contributed by atoms with Crippen LogP contribution in [0.3, 0.4) is 0 Å². The van der Waals surface area contributed by atoms with Crippen molar-refractivity contribution in [3.8, 4) is 12.3 Å². The molecule has 5 aliphatic rings. The number of nitrogens with zero attached hydrogens (tertiary/aromatic N) is 1. The van der Waals surface area contributed by atoms with Gasteiger partial charge in [-0.2, -0.15) is 0 Å². The van der Waals surface area contributed by atoms with E-state index in [4.69, 9.17) is 11.2 Å². The predicted molar refractivity (Wildman–Crippen MR) is 144 cm³/mol. The summed E-state index contributed by atoms with van der Waals surface area (Å²) in [5, 5.41) is 34.2. The Balaban J connectivity index is 1.96. The summed E-state index contributed by atoms with van der Waals surface area (Å²) in [5.74, 6) is 3.59. The maximum Gasteiger partial charge on any atom is 0.100 e. The van der Waals surface area contributed by atoms with Crippen LogP contribution in [-0.2, 0) is 4.74 Å². The zero-order chi connectivity index (χ0) is 26.7. The molecule has 1 saturated heterocycles. The second-order valence-electron chi connectivity index (χ2n) is 13.5. The SMILES string of the molecule is C#C/C(=C(C)\C=C/CO)[C@]12CCN(CC3CC3)[C@H](C)[C@]13CC[C@@](OC)([C@@H]([C@](C)(O)C(C)(C)C)C3)[C@@H]2O. The average Bonchev–Trinajstić information content (AvgIpc) is 3.65. The lowest BCUT2D eigenvalue weighted by Crippen LogP contribution is -2.81. The molecule has 5 rings (SSSR count). The smallest absolute Gasteiger partial charge is 0.100 e. The number of hydrogen-bond donors (Lipinski definition) is 3. The van der Waals surface area contributed by atoms with Gasteiger partial charge in [0, 0.05) is 36.6 Å². The van der Waals surface area contributed by atoms with E-state index in [9.17, 15) is 15.3 Å². The Kier molecular flexibility index (Phi) is 7.15. The van der Waals surface area contributed by atoms with Crippen LogP contribution in [0.15, 0.2) is 23.3 Å². The lowest BCUT2D eigenvalue weighted by Gasteiger charge is -2.75. The first-order valence-electron chi connectivity index (χ1n) is 13.9. The molecule has 4 aliphatic carbocycles. The summed E-state index contributed by atoms with van der Waals surface area (Å²) in [6.07, 6.45) is 14.8. The Bertz CT molecular complexity index is 951. The molecule has 1 spiro atoms. The van der Waals surface area contributed by atoms with Crippen LogP contribution in [0.4, 0.5) is 0 Å². The van der Waals surface area contributed by atoms with Crippen LogP contribution in [0, 0.1) is 40.4 Å². The number of rotatable bonds is 7. The van der Waals surface area contributed by atoms with Crippen molar-refractivity contribution in [2.24, 2.45) is 28.1 Å². The normalized spacial score (nSPS) is 41.5. The molecule has 202 valence electrons. The molecule has 3 N–H and O–H groups in total. The highest BCUT2D eigenvalue weighted by Crippen LogP contribution is 2.74.